The van der Waals surface area contributed by atoms with Gasteiger partial charge < -0.3 is 0 Å². The third kappa shape index (κ3) is 0.872. The van der Waals surface area contributed by atoms with Crippen LogP contribution in [-0.2, 0) is 0 Å². The first-order valence-electron chi connectivity index (χ1n) is 2.12. The molecule has 1 rings (SSSR count). The Morgan fingerprint density at radius 1 is 1.75 bits per heavy atom. The quantitative estimate of drug-likeness (QED) is 0.517. The van der Waals surface area contributed by atoms with Crippen molar-refractivity contribution in [3.63, 3.8) is 0 Å². The molecule has 0 aliphatic rings. The van der Waals surface area contributed by atoms with Crippen molar-refractivity contribution in [2.24, 2.45) is 0 Å². The summed E-state index contributed by atoms with van der Waals surface area (Å²) in [5, 5.41) is 10.2. The number of hydrogen-bond acceptors (Lipinski definition) is 3. The lowest BCUT2D eigenvalue weighted by atomic mass is 10.4. The molecule has 1 radical (unpaired) electrons. The van der Waals surface area contributed by atoms with Gasteiger partial charge in [0.1, 0.15) is 6.20 Å². The van der Waals surface area contributed by atoms with Gasteiger partial charge in [-0.1, -0.05) is 12.7 Å². The Kier molecular flexibility index (Phi) is 1.32. The van der Waals surface area contributed by atoms with Crippen molar-refractivity contribution in [3.05, 3.63) is 24.5 Å². The molecule has 0 bridgehead atoms. The molecule has 0 atom stereocenters. The number of nitrogens with zero attached hydrogens (tertiary/aromatic N) is 3. The van der Waals surface area contributed by atoms with Gasteiger partial charge in [0.25, 0.3) is 0 Å². The summed E-state index contributed by atoms with van der Waals surface area (Å²) in [5.41, 5.74) is 0.764. The average Bonchev–Trinajstić information content (AvgIpc) is 1.90. The molecular formula is C5H4N3. The van der Waals surface area contributed by atoms with E-state index in [1.807, 2.05) is 0 Å². The molecule has 8 heavy (non-hydrogen) atoms. The minimum Gasteiger partial charge on any atom is -0.138 e. The van der Waals surface area contributed by atoms with Crippen LogP contribution in [-0.4, -0.2) is 15.4 Å². The fourth-order valence-electron chi connectivity index (χ4n) is 0.321. The highest BCUT2D eigenvalue weighted by atomic mass is 15.3. The molecule has 0 amide bonds. The van der Waals surface area contributed by atoms with Crippen LogP contribution in [0.15, 0.2) is 12.8 Å². The van der Waals surface area contributed by atoms with Crippen molar-refractivity contribution in [3.8, 4) is 0 Å². The Morgan fingerprint density at radius 3 is 3.00 bits per heavy atom. The van der Waals surface area contributed by atoms with E-state index in [9.17, 15) is 0 Å². The number of aromatic nitrogens is 3. The first kappa shape index (κ1) is 4.90. The smallest absolute Gasteiger partial charge is 0.125 e. The van der Waals surface area contributed by atoms with Crippen molar-refractivity contribution in [2.75, 3.05) is 0 Å². The van der Waals surface area contributed by atoms with E-state index in [2.05, 4.69) is 28.2 Å². The minimum absolute atomic E-state index is 0.764. The van der Waals surface area contributed by atoms with Gasteiger partial charge in [-0.15, -0.1) is 10.2 Å². The van der Waals surface area contributed by atoms with E-state index in [4.69, 9.17) is 0 Å². The molecule has 0 aromatic carbocycles. The van der Waals surface area contributed by atoms with E-state index in [0.29, 0.717) is 0 Å². The van der Waals surface area contributed by atoms with Crippen molar-refractivity contribution in [1.29, 1.82) is 0 Å². The van der Waals surface area contributed by atoms with Crippen molar-refractivity contribution < 1.29 is 0 Å². The lowest BCUT2D eigenvalue weighted by molar-refractivity contribution is 0.856. The normalized spacial score (nSPS) is 8.50. The molecule has 1 aromatic rings. The highest BCUT2D eigenvalue weighted by Gasteiger charge is 1.81. The second-order valence-corrected chi connectivity index (χ2v) is 1.21. The average molecular weight is 106 g/mol. The van der Waals surface area contributed by atoms with E-state index in [0.717, 1.165) is 5.56 Å². The molecule has 3 heteroatoms. The topological polar surface area (TPSA) is 38.7 Å². The third-order valence-corrected chi connectivity index (χ3v) is 0.692. The molecule has 1 aromatic heterocycles. The lowest BCUT2D eigenvalue weighted by Gasteiger charge is -1.80. The van der Waals surface area contributed by atoms with Crippen LogP contribution in [0.5, 0.6) is 0 Å². The Hall–Kier alpha value is -1.25. The molecule has 0 N–H and O–H groups in total. The van der Waals surface area contributed by atoms with E-state index in [1.54, 1.807) is 12.3 Å². The molecule has 39 valence electrons. The summed E-state index contributed by atoms with van der Waals surface area (Å²) >= 11 is 0. The van der Waals surface area contributed by atoms with Gasteiger partial charge in [0.15, 0.2) is 0 Å². The van der Waals surface area contributed by atoms with Gasteiger partial charge in [-0.3, -0.25) is 0 Å². The second kappa shape index (κ2) is 2.16. The summed E-state index contributed by atoms with van der Waals surface area (Å²) in [6, 6.07) is 0. The van der Waals surface area contributed by atoms with Crippen LogP contribution in [0.3, 0.4) is 0 Å². The summed E-state index contributed by atoms with van der Waals surface area (Å²) < 4.78 is 0. The zero-order valence-corrected chi connectivity index (χ0v) is 4.20. The maximum absolute atomic E-state index is 3.49. The predicted octanol–water partition coefficient (Wildman–Crippen LogP) is 0.315. The Bertz CT molecular complexity index is 170. The predicted molar refractivity (Wildman–Crippen MR) is 28.8 cm³/mol. The van der Waals surface area contributed by atoms with Crippen LogP contribution in [0.25, 0.3) is 6.08 Å². The van der Waals surface area contributed by atoms with Crippen LogP contribution < -0.4 is 0 Å². The molecule has 0 aliphatic carbocycles. The van der Waals surface area contributed by atoms with Gasteiger partial charge in [-0.25, -0.2) is 0 Å². The third-order valence-electron chi connectivity index (χ3n) is 0.692. The summed E-state index contributed by atoms with van der Waals surface area (Å²) in [7, 11) is 0. The summed E-state index contributed by atoms with van der Waals surface area (Å²) in [6.07, 6.45) is 5.73. The van der Waals surface area contributed by atoms with Gasteiger partial charge in [0, 0.05) is 5.56 Å². The van der Waals surface area contributed by atoms with E-state index < -0.39 is 0 Å². The van der Waals surface area contributed by atoms with Crippen LogP contribution in [0, 0.1) is 6.20 Å². The molecule has 0 saturated carbocycles. The number of rotatable bonds is 1. The van der Waals surface area contributed by atoms with Gasteiger partial charge in [-0.2, -0.15) is 0 Å². The summed E-state index contributed by atoms with van der Waals surface area (Å²) in [4.78, 5) is 0. The van der Waals surface area contributed by atoms with Crippen LogP contribution in [0.1, 0.15) is 5.56 Å². The van der Waals surface area contributed by atoms with Gasteiger partial charge in [0.05, 0.1) is 6.20 Å². The standard InChI is InChI=1S/C5H4N3/c1-2-5-3-6-8-7-4-5/h2-3H,1H2. The van der Waals surface area contributed by atoms with Crippen LogP contribution >= 0.6 is 0 Å². The maximum Gasteiger partial charge on any atom is 0.125 e. The monoisotopic (exact) mass is 106 g/mol. The molecule has 3 nitrogen and oxygen atoms in total. The Balaban J connectivity index is 2.99. The molecule has 0 fully saturated rings. The molecule has 0 unspecified atom stereocenters. The van der Waals surface area contributed by atoms with Gasteiger partial charge in [0.2, 0.25) is 0 Å². The van der Waals surface area contributed by atoms with Crippen molar-refractivity contribution in [1.82, 2.24) is 15.4 Å². The lowest BCUT2D eigenvalue weighted by Crippen LogP contribution is -1.84. The molecule has 0 spiro atoms. The largest absolute Gasteiger partial charge is 0.138 e. The van der Waals surface area contributed by atoms with E-state index in [1.165, 1.54) is 0 Å². The maximum atomic E-state index is 3.49. The number of hydrogen-bond donors (Lipinski definition) is 0. The highest BCUT2D eigenvalue weighted by molar-refractivity contribution is 5.41. The molecule has 0 saturated heterocycles. The SMILES string of the molecule is C=Cc1[c]nnnc1. The minimum atomic E-state index is 0.764. The molecule has 1 heterocycles. The first-order chi connectivity index (χ1) is 3.93. The van der Waals surface area contributed by atoms with Gasteiger partial charge >= 0.3 is 0 Å². The van der Waals surface area contributed by atoms with E-state index >= 15 is 0 Å². The van der Waals surface area contributed by atoms with Gasteiger partial charge in [-0.05, 0) is 5.21 Å². The van der Waals surface area contributed by atoms with E-state index in [-0.39, 0.29) is 0 Å². The van der Waals surface area contributed by atoms with Crippen molar-refractivity contribution >= 4 is 6.08 Å². The summed E-state index contributed by atoms with van der Waals surface area (Å²) in [5.74, 6) is 0. The zero-order valence-electron chi connectivity index (χ0n) is 4.20. The Morgan fingerprint density at radius 2 is 2.62 bits per heavy atom. The van der Waals surface area contributed by atoms with Crippen molar-refractivity contribution in [2.45, 2.75) is 0 Å². The zero-order chi connectivity index (χ0) is 5.82. The first-order valence-corrected chi connectivity index (χ1v) is 2.12. The Labute approximate surface area is 47.1 Å². The fraction of sp³-hybridized carbons (Fsp3) is 0. The van der Waals surface area contributed by atoms with Crippen LogP contribution in [0.4, 0.5) is 0 Å². The second-order valence-electron chi connectivity index (χ2n) is 1.21. The molecular weight excluding hydrogens is 102 g/mol. The summed E-state index contributed by atoms with van der Waals surface area (Å²) in [6.45, 7) is 3.49. The molecule has 0 aliphatic heterocycles. The van der Waals surface area contributed by atoms with Crippen LogP contribution in [0.2, 0.25) is 0 Å². The highest BCUT2D eigenvalue weighted by Crippen LogP contribution is 1.88. The fourth-order valence-corrected chi connectivity index (χ4v) is 0.321.